The van der Waals surface area contributed by atoms with Gasteiger partial charge in [0.25, 0.3) is 0 Å². The van der Waals surface area contributed by atoms with Crippen LogP contribution >= 0.6 is 11.3 Å². The number of rotatable bonds is 2. The zero-order chi connectivity index (χ0) is 11.8. The lowest BCUT2D eigenvalue weighted by atomic mass is 10.3. The molecule has 84 valence electrons. The van der Waals surface area contributed by atoms with E-state index in [0.717, 1.165) is 0 Å². The third-order valence-electron chi connectivity index (χ3n) is 2.23. The quantitative estimate of drug-likeness (QED) is 0.742. The van der Waals surface area contributed by atoms with Crippen molar-refractivity contribution in [1.29, 1.82) is 0 Å². The minimum Gasteiger partial charge on any atom is -0.476 e. The van der Waals surface area contributed by atoms with Crippen LogP contribution in [-0.2, 0) is 0 Å². The Hall–Kier alpha value is -2.28. The molecule has 3 heterocycles. The Labute approximate surface area is 99.2 Å². The Morgan fingerprint density at radius 1 is 1.41 bits per heavy atom. The summed E-state index contributed by atoms with van der Waals surface area (Å²) in [5.74, 6) is -0.744. The van der Waals surface area contributed by atoms with Gasteiger partial charge in [-0.2, -0.15) is 0 Å². The predicted molar refractivity (Wildman–Crippen MR) is 61.5 cm³/mol. The molecule has 0 unspecified atom stereocenters. The molecule has 0 radical (unpaired) electrons. The number of carboxylic acid groups (broad SMARTS) is 1. The first kappa shape index (κ1) is 9.91. The molecular weight excluding hydrogens is 240 g/mol. The first-order chi connectivity index (χ1) is 8.25. The van der Waals surface area contributed by atoms with E-state index in [1.165, 1.54) is 17.7 Å². The van der Waals surface area contributed by atoms with Crippen molar-refractivity contribution in [2.45, 2.75) is 0 Å². The van der Waals surface area contributed by atoms with Gasteiger partial charge in [-0.05, 0) is 11.4 Å². The molecular formula is C10H6N4O2S. The molecule has 0 aliphatic carbocycles. The number of thiophene rings is 1. The largest absolute Gasteiger partial charge is 0.476 e. The number of aromatic nitrogens is 4. The van der Waals surface area contributed by atoms with Gasteiger partial charge in [0.2, 0.25) is 5.95 Å². The molecule has 6 nitrogen and oxygen atoms in total. The molecule has 0 saturated carbocycles. The fraction of sp³-hybridized carbons (Fsp3) is 0. The molecule has 0 aliphatic heterocycles. The van der Waals surface area contributed by atoms with Crippen LogP contribution in [0.15, 0.2) is 30.2 Å². The molecule has 3 rings (SSSR count). The molecule has 0 bridgehead atoms. The fourth-order valence-electron chi connectivity index (χ4n) is 1.49. The number of hydrogen-bond acceptors (Lipinski definition) is 5. The van der Waals surface area contributed by atoms with Gasteiger partial charge in [0, 0.05) is 12.4 Å². The Kier molecular flexibility index (Phi) is 2.12. The van der Waals surface area contributed by atoms with E-state index in [0.29, 0.717) is 16.2 Å². The van der Waals surface area contributed by atoms with Gasteiger partial charge in [-0.1, -0.05) is 0 Å². The molecule has 17 heavy (non-hydrogen) atoms. The van der Waals surface area contributed by atoms with E-state index in [4.69, 9.17) is 5.11 Å². The standard InChI is InChI=1S/C10H6N4O2S/c15-9(16)7-8-6(1-4-17-8)12-10(13-7)14-3-2-11-5-14/h1-5H,(H,15,16). The highest BCUT2D eigenvalue weighted by atomic mass is 32.1. The minimum absolute atomic E-state index is 0.0219. The Morgan fingerprint density at radius 2 is 2.29 bits per heavy atom. The Balaban J connectivity index is 2.31. The molecule has 3 aromatic heterocycles. The van der Waals surface area contributed by atoms with Gasteiger partial charge in [0.15, 0.2) is 5.69 Å². The number of aromatic carboxylic acids is 1. The van der Waals surface area contributed by atoms with Crippen LogP contribution in [0.4, 0.5) is 0 Å². The van der Waals surface area contributed by atoms with Crippen LogP contribution in [0.3, 0.4) is 0 Å². The van der Waals surface area contributed by atoms with E-state index in [1.54, 1.807) is 28.4 Å². The van der Waals surface area contributed by atoms with E-state index in [9.17, 15) is 4.79 Å². The minimum atomic E-state index is -1.05. The maximum absolute atomic E-state index is 11.1. The predicted octanol–water partition coefficient (Wildman–Crippen LogP) is 1.58. The molecule has 0 spiro atoms. The third-order valence-corrected chi connectivity index (χ3v) is 3.14. The van der Waals surface area contributed by atoms with Crippen LogP contribution in [0, 0.1) is 0 Å². The summed E-state index contributed by atoms with van der Waals surface area (Å²) in [5, 5.41) is 10.9. The maximum atomic E-state index is 11.1. The SMILES string of the molecule is O=C(O)c1nc(-n2ccnc2)nc2ccsc12. The summed E-state index contributed by atoms with van der Waals surface area (Å²) in [7, 11) is 0. The average Bonchev–Trinajstić information content (AvgIpc) is 2.98. The van der Waals surface area contributed by atoms with Crippen molar-refractivity contribution in [1.82, 2.24) is 19.5 Å². The van der Waals surface area contributed by atoms with E-state index in [2.05, 4.69) is 15.0 Å². The smallest absolute Gasteiger partial charge is 0.356 e. The second kappa shape index (κ2) is 3.63. The van der Waals surface area contributed by atoms with Gasteiger partial charge in [-0.25, -0.2) is 19.7 Å². The van der Waals surface area contributed by atoms with Crippen molar-refractivity contribution < 1.29 is 9.90 Å². The van der Waals surface area contributed by atoms with Crippen LogP contribution in [0.25, 0.3) is 16.2 Å². The van der Waals surface area contributed by atoms with Gasteiger partial charge in [0.05, 0.1) is 10.2 Å². The van der Waals surface area contributed by atoms with E-state index in [1.807, 2.05) is 0 Å². The van der Waals surface area contributed by atoms with Crippen molar-refractivity contribution in [3.05, 3.63) is 35.9 Å². The van der Waals surface area contributed by atoms with Gasteiger partial charge < -0.3 is 5.11 Å². The molecule has 3 aromatic rings. The summed E-state index contributed by atoms with van der Waals surface area (Å²) in [5.41, 5.74) is 0.653. The average molecular weight is 246 g/mol. The topological polar surface area (TPSA) is 80.9 Å². The normalized spacial score (nSPS) is 10.8. The lowest BCUT2D eigenvalue weighted by molar-refractivity contribution is 0.0693. The number of nitrogens with zero attached hydrogens (tertiary/aromatic N) is 4. The lowest BCUT2D eigenvalue weighted by Gasteiger charge is -2.02. The number of fused-ring (bicyclic) bond motifs is 1. The molecule has 0 amide bonds. The molecule has 0 fully saturated rings. The number of carbonyl (C=O) groups is 1. The highest BCUT2D eigenvalue weighted by Crippen LogP contribution is 2.23. The number of imidazole rings is 1. The van der Waals surface area contributed by atoms with Gasteiger partial charge in [-0.15, -0.1) is 11.3 Å². The van der Waals surface area contributed by atoms with Crippen LogP contribution < -0.4 is 0 Å². The molecule has 7 heteroatoms. The molecule has 0 saturated heterocycles. The van der Waals surface area contributed by atoms with Crippen LogP contribution in [0.5, 0.6) is 0 Å². The summed E-state index contributed by atoms with van der Waals surface area (Å²) in [6.07, 6.45) is 4.78. The Bertz CT molecular complexity index is 689. The second-order valence-corrected chi connectivity index (χ2v) is 4.20. The van der Waals surface area contributed by atoms with E-state index < -0.39 is 5.97 Å². The molecule has 0 aromatic carbocycles. The zero-order valence-corrected chi connectivity index (χ0v) is 9.26. The van der Waals surface area contributed by atoms with Crippen LogP contribution in [0.1, 0.15) is 10.5 Å². The first-order valence-electron chi connectivity index (χ1n) is 4.72. The fourth-order valence-corrected chi connectivity index (χ4v) is 2.30. The van der Waals surface area contributed by atoms with Crippen molar-refractivity contribution in [2.24, 2.45) is 0 Å². The first-order valence-corrected chi connectivity index (χ1v) is 5.60. The summed E-state index contributed by atoms with van der Waals surface area (Å²) in [6.45, 7) is 0. The summed E-state index contributed by atoms with van der Waals surface area (Å²) >= 11 is 1.32. The van der Waals surface area contributed by atoms with E-state index in [-0.39, 0.29) is 5.69 Å². The molecule has 0 atom stereocenters. The van der Waals surface area contributed by atoms with Gasteiger partial charge >= 0.3 is 5.97 Å². The highest BCUT2D eigenvalue weighted by Gasteiger charge is 2.15. The molecule has 0 aliphatic rings. The highest BCUT2D eigenvalue weighted by molar-refractivity contribution is 7.17. The van der Waals surface area contributed by atoms with Crippen LogP contribution in [0.2, 0.25) is 0 Å². The maximum Gasteiger partial charge on any atom is 0.356 e. The third kappa shape index (κ3) is 1.56. The number of carboxylic acids is 1. The lowest BCUT2D eigenvalue weighted by Crippen LogP contribution is -2.06. The summed E-state index contributed by atoms with van der Waals surface area (Å²) in [6, 6.07) is 1.77. The zero-order valence-electron chi connectivity index (χ0n) is 8.44. The van der Waals surface area contributed by atoms with Crippen LogP contribution in [-0.4, -0.2) is 30.6 Å². The monoisotopic (exact) mass is 246 g/mol. The second-order valence-electron chi connectivity index (χ2n) is 3.28. The van der Waals surface area contributed by atoms with Crippen molar-refractivity contribution in [3.63, 3.8) is 0 Å². The van der Waals surface area contributed by atoms with Crippen molar-refractivity contribution >= 4 is 27.5 Å². The van der Waals surface area contributed by atoms with E-state index >= 15 is 0 Å². The van der Waals surface area contributed by atoms with Crippen molar-refractivity contribution in [2.75, 3.05) is 0 Å². The number of hydrogen-bond donors (Lipinski definition) is 1. The van der Waals surface area contributed by atoms with Gasteiger partial charge in [-0.3, -0.25) is 4.57 Å². The Morgan fingerprint density at radius 3 is 3.00 bits per heavy atom. The van der Waals surface area contributed by atoms with Crippen molar-refractivity contribution in [3.8, 4) is 5.95 Å². The molecule has 1 N–H and O–H groups in total. The summed E-state index contributed by atoms with van der Waals surface area (Å²) in [4.78, 5) is 23.3. The van der Waals surface area contributed by atoms with Gasteiger partial charge in [0.1, 0.15) is 6.33 Å². The summed E-state index contributed by atoms with van der Waals surface area (Å²) < 4.78 is 2.16.